The van der Waals surface area contributed by atoms with Crippen molar-refractivity contribution >= 4 is 39.7 Å². The number of hydrogen-bond acceptors (Lipinski definition) is 4. The van der Waals surface area contributed by atoms with Crippen molar-refractivity contribution in [2.45, 2.75) is 12.6 Å². The highest BCUT2D eigenvalue weighted by atomic mass is 79.9. The van der Waals surface area contributed by atoms with Gasteiger partial charge in [-0.3, -0.25) is 4.90 Å². The fourth-order valence-corrected chi connectivity index (χ4v) is 4.00. The van der Waals surface area contributed by atoms with E-state index in [-0.39, 0.29) is 12.4 Å². The third-order valence-corrected chi connectivity index (χ3v) is 5.17. The molecule has 3 rings (SSSR count). The number of nitrogens with zero attached hydrogens (tertiary/aromatic N) is 3. The first-order chi connectivity index (χ1) is 9.24. The normalized spacial score (nSPS) is 19.8. The van der Waals surface area contributed by atoms with Crippen LogP contribution in [0.3, 0.4) is 0 Å². The molecule has 110 valence electrons. The number of thiophene rings is 1. The Morgan fingerprint density at radius 3 is 3.05 bits per heavy atom. The lowest BCUT2D eigenvalue weighted by atomic mass is 10.1. The molecule has 20 heavy (non-hydrogen) atoms. The van der Waals surface area contributed by atoms with Crippen molar-refractivity contribution in [1.82, 2.24) is 19.8 Å². The molecular weight excluding hydrogens is 360 g/mol. The van der Waals surface area contributed by atoms with Crippen LogP contribution in [0, 0.1) is 0 Å². The van der Waals surface area contributed by atoms with Gasteiger partial charge in [0.1, 0.15) is 5.82 Å². The Balaban J connectivity index is 0.00000147. The van der Waals surface area contributed by atoms with Gasteiger partial charge in [0.2, 0.25) is 0 Å². The Labute approximate surface area is 137 Å². The molecule has 0 aromatic carbocycles. The van der Waals surface area contributed by atoms with Crippen LogP contribution in [-0.4, -0.2) is 34.1 Å². The summed E-state index contributed by atoms with van der Waals surface area (Å²) >= 11 is 5.34. The van der Waals surface area contributed by atoms with Gasteiger partial charge in [-0.2, -0.15) is 0 Å². The highest BCUT2D eigenvalue weighted by Crippen LogP contribution is 2.26. The molecule has 3 heterocycles. The highest BCUT2D eigenvalue weighted by molar-refractivity contribution is 9.10. The number of aromatic nitrogens is 2. The van der Waals surface area contributed by atoms with Crippen molar-refractivity contribution in [3.05, 3.63) is 39.0 Å². The largest absolute Gasteiger partial charge is 0.337 e. The third-order valence-electron chi connectivity index (χ3n) is 3.49. The van der Waals surface area contributed by atoms with Crippen molar-refractivity contribution in [1.29, 1.82) is 0 Å². The van der Waals surface area contributed by atoms with Gasteiger partial charge in [-0.05, 0) is 22.0 Å². The average molecular weight is 378 g/mol. The van der Waals surface area contributed by atoms with Crippen LogP contribution in [0.5, 0.6) is 0 Å². The van der Waals surface area contributed by atoms with Gasteiger partial charge in [-0.15, -0.1) is 23.7 Å². The van der Waals surface area contributed by atoms with E-state index in [1.165, 1.54) is 9.35 Å². The van der Waals surface area contributed by atoms with Crippen LogP contribution in [-0.2, 0) is 13.6 Å². The Kier molecular flexibility index (Phi) is 5.63. The van der Waals surface area contributed by atoms with E-state index >= 15 is 0 Å². The minimum absolute atomic E-state index is 0. The Morgan fingerprint density at radius 1 is 1.55 bits per heavy atom. The number of aryl methyl sites for hydroxylation is 1. The zero-order valence-corrected chi connectivity index (χ0v) is 14.5. The van der Waals surface area contributed by atoms with Crippen LogP contribution in [0.2, 0.25) is 0 Å². The van der Waals surface area contributed by atoms with E-state index in [1.54, 1.807) is 0 Å². The van der Waals surface area contributed by atoms with Gasteiger partial charge in [0.15, 0.2) is 0 Å². The Morgan fingerprint density at radius 2 is 2.40 bits per heavy atom. The van der Waals surface area contributed by atoms with Gasteiger partial charge in [-0.1, -0.05) is 0 Å². The third kappa shape index (κ3) is 3.43. The molecule has 4 nitrogen and oxygen atoms in total. The van der Waals surface area contributed by atoms with Crippen LogP contribution < -0.4 is 5.32 Å². The molecule has 2 aromatic rings. The van der Waals surface area contributed by atoms with E-state index in [0.717, 1.165) is 32.0 Å². The summed E-state index contributed by atoms with van der Waals surface area (Å²) in [7, 11) is 2.07. The summed E-state index contributed by atoms with van der Waals surface area (Å²) in [6, 6.07) is 2.57. The molecule has 1 N–H and O–H groups in total. The van der Waals surface area contributed by atoms with Gasteiger partial charge >= 0.3 is 0 Å². The fraction of sp³-hybridized carbons (Fsp3) is 0.462. The van der Waals surface area contributed by atoms with Crippen LogP contribution in [0.1, 0.15) is 16.7 Å². The molecular formula is C13H18BrClN4S. The van der Waals surface area contributed by atoms with Gasteiger partial charge in [-0.25, -0.2) is 4.98 Å². The van der Waals surface area contributed by atoms with E-state index < -0.39 is 0 Å². The first kappa shape index (κ1) is 16.0. The molecule has 0 saturated carbocycles. The summed E-state index contributed by atoms with van der Waals surface area (Å²) in [6.45, 7) is 4.08. The van der Waals surface area contributed by atoms with Gasteiger partial charge in [0.25, 0.3) is 0 Å². The monoisotopic (exact) mass is 376 g/mol. The van der Waals surface area contributed by atoms with Crippen molar-refractivity contribution < 1.29 is 0 Å². The van der Waals surface area contributed by atoms with Gasteiger partial charge in [0.05, 0.1) is 6.04 Å². The van der Waals surface area contributed by atoms with E-state index in [1.807, 2.05) is 23.7 Å². The molecule has 2 aromatic heterocycles. The van der Waals surface area contributed by atoms with Crippen LogP contribution >= 0.6 is 39.7 Å². The second-order valence-corrected chi connectivity index (χ2v) is 6.73. The lowest BCUT2D eigenvalue weighted by Crippen LogP contribution is -2.46. The topological polar surface area (TPSA) is 33.1 Å². The zero-order valence-electron chi connectivity index (χ0n) is 11.3. The summed E-state index contributed by atoms with van der Waals surface area (Å²) in [5.74, 6) is 1.14. The second kappa shape index (κ2) is 7.04. The zero-order chi connectivity index (χ0) is 13.2. The van der Waals surface area contributed by atoms with E-state index in [2.05, 4.69) is 54.2 Å². The summed E-state index contributed by atoms with van der Waals surface area (Å²) in [5.41, 5.74) is 0. The fourth-order valence-electron chi connectivity index (χ4n) is 2.53. The average Bonchev–Trinajstić information content (AvgIpc) is 2.99. The SMILES string of the molecule is Cl.Cn1ccnc1C1CNCCN1Cc1cc(Br)cs1. The maximum atomic E-state index is 4.51. The molecule has 1 saturated heterocycles. The van der Waals surface area contributed by atoms with E-state index in [4.69, 9.17) is 0 Å². The number of nitrogens with one attached hydrogen (secondary N) is 1. The molecule has 0 amide bonds. The Bertz CT molecular complexity index is 556. The van der Waals surface area contributed by atoms with Gasteiger partial charge in [0, 0.05) is 60.4 Å². The molecule has 1 atom stereocenters. The van der Waals surface area contributed by atoms with E-state index in [9.17, 15) is 0 Å². The van der Waals surface area contributed by atoms with Crippen LogP contribution in [0.15, 0.2) is 28.3 Å². The first-order valence-electron chi connectivity index (χ1n) is 6.39. The number of imidazole rings is 1. The lowest BCUT2D eigenvalue weighted by molar-refractivity contribution is 0.146. The molecule has 0 aliphatic carbocycles. The lowest BCUT2D eigenvalue weighted by Gasteiger charge is -2.35. The minimum Gasteiger partial charge on any atom is -0.337 e. The minimum atomic E-state index is 0. The molecule has 1 aliphatic rings. The summed E-state index contributed by atoms with van der Waals surface area (Å²) in [6.07, 6.45) is 3.90. The number of rotatable bonds is 3. The molecule has 7 heteroatoms. The van der Waals surface area contributed by atoms with Crippen molar-refractivity contribution in [3.8, 4) is 0 Å². The van der Waals surface area contributed by atoms with Crippen molar-refractivity contribution in [2.24, 2.45) is 7.05 Å². The van der Waals surface area contributed by atoms with Crippen molar-refractivity contribution in [3.63, 3.8) is 0 Å². The maximum Gasteiger partial charge on any atom is 0.127 e. The number of halogens is 2. The molecule has 1 fully saturated rings. The van der Waals surface area contributed by atoms with E-state index in [0.29, 0.717) is 6.04 Å². The van der Waals surface area contributed by atoms with Crippen LogP contribution in [0.25, 0.3) is 0 Å². The molecule has 0 radical (unpaired) electrons. The smallest absolute Gasteiger partial charge is 0.127 e. The Hall–Kier alpha value is -0.400. The summed E-state index contributed by atoms with van der Waals surface area (Å²) < 4.78 is 3.30. The predicted octanol–water partition coefficient (Wildman–Crippen LogP) is 2.81. The predicted molar refractivity (Wildman–Crippen MR) is 88.5 cm³/mol. The van der Waals surface area contributed by atoms with Gasteiger partial charge < -0.3 is 9.88 Å². The molecule has 1 unspecified atom stereocenters. The van der Waals surface area contributed by atoms with Crippen LogP contribution in [0.4, 0.5) is 0 Å². The number of hydrogen-bond donors (Lipinski definition) is 1. The van der Waals surface area contributed by atoms with Crippen molar-refractivity contribution in [2.75, 3.05) is 19.6 Å². The second-order valence-electron chi connectivity index (χ2n) is 4.82. The summed E-state index contributed by atoms with van der Waals surface area (Å²) in [4.78, 5) is 8.42. The molecule has 1 aliphatic heterocycles. The quantitative estimate of drug-likeness (QED) is 0.893. The standard InChI is InChI=1S/C13H17BrN4S.ClH/c1-17-4-3-16-13(17)12-7-15-2-5-18(12)8-11-6-10(14)9-19-11;/h3-4,6,9,12,15H,2,5,7-8H2,1H3;1H. The first-order valence-corrected chi connectivity index (χ1v) is 8.06. The maximum absolute atomic E-state index is 4.51. The number of piperazine rings is 1. The summed E-state index contributed by atoms with van der Waals surface area (Å²) in [5, 5.41) is 5.62. The molecule has 0 bridgehead atoms. The molecule has 0 spiro atoms. The highest BCUT2D eigenvalue weighted by Gasteiger charge is 2.26.